The highest BCUT2D eigenvalue weighted by molar-refractivity contribution is 5.68. The highest BCUT2D eigenvalue weighted by atomic mass is 14.7. The quantitative estimate of drug-likeness (QED) is 0.669. The number of nitriles is 1. The van der Waals surface area contributed by atoms with Crippen molar-refractivity contribution in [2.24, 2.45) is 0 Å². The molecule has 0 fully saturated rings. The van der Waals surface area contributed by atoms with Crippen LogP contribution in [-0.2, 0) is 0 Å². The van der Waals surface area contributed by atoms with Crippen LogP contribution in [0.3, 0.4) is 0 Å². The van der Waals surface area contributed by atoms with E-state index in [0.717, 1.165) is 5.56 Å². The molecule has 0 aliphatic heterocycles. The Hall–Kier alpha value is -1.95. The molecule has 0 aliphatic rings. The molecule has 0 bridgehead atoms. The zero-order chi connectivity index (χ0) is 9.68. The molecular weight excluding hydrogens is 162 g/mol. The lowest BCUT2D eigenvalue weighted by atomic mass is 10.1. The van der Waals surface area contributed by atoms with Crippen LogP contribution in [0.2, 0.25) is 0 Å². The molecule has 0 aromatic heterocycles. The van der Waals surface area contributed by atoms with Crippen LogP contribution in [0.25, 0.3) is 6.08 Å². The summed E-state index contributed by atoms with van der Waals surface area (Å²) in [6.07, 6.45) is 4.04. The van der Waals surface area contributed by atoms with Gasteiger partial charge >= 0.3 is 0 Å². The molecule has 0 heterocycles. The number of nitrogens with zero attached hydrogens (tertiary/aromatic N) is 1. The molecule has 0 unspecified atom stereocenters. The van der Waals surface area contributed by atoms with Crippen molar-refractivity contribution in [3.05, 3.63) is 29.8 Å². The fraction of sp³-hybridized carbons (Fsp3) is 0.100. The first-order chi connectivity index (χ1) is 6.24. The van der Waals surface area contributed by atoms with E-state index < -0.39 is 0 Å². The van der Waals surface area contributed by atoms with Gasteiger partial charge in [-0.1, -0.05) is 18.2 Å². The Morgan fingerprint density at radius 1 is 1.31 bits per heavy atom. The van der Waals surface area contributed by atoms with E-state index in [1.807, 2.05) is 18.2 Å². The first-order valence-corrected chi connectivity index (χ1v) is 3.92. The van der Waals surface area contributed by atoms with Crippen LogP contribution >= 0.6 is 0 Å². The van der Waals surface area contributed by atoms with Gasteiger partial charge in [0.1, 0.15) is 0 Å². The van der Waals surface area contributed by atoms with E-state index in [0.29, 0.717) is 17.8 Å². The highest BCUT2D eigenvalue weighted by Crippen LogP contribution is 2.16. The van der Waals surface area contributed by atoms with Crippen LogP contribution in [0.1, 0.15) is 12.0 Å². The first kappa shape index (κ1) is 9.14. The van der Waals surface area contributed by atoms with Gasteiger partial charge < -0.3 is 11.5 Å². The highest BCUT2D eigenvalue weighted by Gasteiger charge is 1.93. The predicted molar refractivity (Wildman–Crippen MR) is 54.5 cm³/mol. The molecule has 3 heteroatoms. The Labute approximate surface area is 77.3 Å². The maximum absolute atomic E-state index is 8.30. The number of anilines is 2. The van der Waals surface area contributed by atoms with Crippen LogP contribution in [0.15, 0.2) is 24.3 Å². The number of allylic oxidation sites excluding steroid dienone is 1. The summed E-state index contributed by atoms with van der Waals surface area (Å²) < 4.78 is 0. The van der Waals surface area contributed by atoms with Gasteiger partial charge in [0, 0.05) is 0 Å². The number of hydrogen-bond acceptors (Lipinski definition) is 3. The predicted octanol–water partition coefficient (Wildman–Crippen LogP) is 1.78. The molecule has 0 atom stereocenters. The summed E-state index contributed by atoms with van der Waals surface area (Å²) in [5.74, 6) is 0. The fourth-order valence-corrected chi connectivity index (χ4v) is 0.945. The van der Waals surface area contributed by atoms with Crippen molar-refractivity contribution in [2.75, 3.05) is 11.5 Å². The average molecular weight is 173 g/mol. The molecule has 1 aromatic rings. The van der Waals surface area contributed by atoms with Gasteiger partial charge in [-0.15, -0.1) is 0 Å². The van der Waals surface area contributed by atoms with Crippen molar-refractivity contribution in [3.63, 3.8) is 0 Å². The lowest BCUT2D eigenvalue weighted by Gasteiger charge is -1.99. The molecule has 0 spiro atoms. The first-order valence-electron chi connectivity index (χ1n) is 3.92. The van der Waals surface area contributed by atoms with E-state index in [1.165, 1.54) is 0 Å². The average Bonchev–Trinajstić information content (AvgIpc) is 2.12. The number of benzene rings is 1. The normalized spacial score (nSPS) is 10.1. The van der Waals surface area contributed by atoms with Gasteiger partial charge in [0.25, 0.3) is 0 Å². The third-order valence-corrected chi connectivity index (χ3v) is 1.63. The topological polar surface area (TPSA) is 75.8 Å². The SMILES string of the molecule is N#CCC=Cc1ccc(N)c(N)c1. The number of nitrogen functional groups attached to an aromatic ring is 2. The number of nitrogens with two attached hydrogens (primary N) is 2. The van der Waals surface area contributed by atoms with E-state index >= 15 is 0 Å². The van der Waals surface area contributed by atoms with Gasteiger partial charge in [0.15, 0.2) is 0 Å². The monoisotopic (exact) mass is 173 g/mol. The fourth-order valence-electron chi connectivity index (χ4n) is 0.945. The van der Waals surface area contributed by atoms with Gasteiger partial charge in [0.05, 0.1) is 23.9 Å². The molecular formula is C10H11N3. The van der Waals surface area contributed by atoms with E-state index in [2.05, 4.69) is 0 Å². The number of rotatable bonds is 2. The lowest BCUT2D eigenvalue weighted by Crippen LogP contribution is -1.93. The zero-order valence-electron chi connectivity index (χ0n) is 7.20. The Balaban J connectivity index is 2.81. The van der Waals surface area contributed by atoms with Crippen LogP contribution in [-0.4, -0.2) is 0 Å². The van der Waals surface area contributed by atoms with Crippen LogP contribution in [0.5, 0.6) is 0 Å². The number of hydrogen-bond donors (Lipinski definition) is 2. The lowest BCUT2D eigenvalue weighted by molar-refractivity contribution is 1.36. The molecule has 4 N–H and O–H groups in total. The molecule has 1 aromatic carbocycles. The summed E-state index contributed by atoms with van der Waals surface area (Å²) in [7, 11) is 0. The molecule has 0 aliphatic carbocycles. The van der Waals surface area contributed by atoms with Crippen molar-refractivity contribution in [2.45, 2.75) is 6.42 Å². The molecule has 1 rings (SSSR count). The van der Waals surface area contributed by atoms with Crippen LogP contribution < -0.4 is 11.5 Å². The van der Waals surface area contributed by atoms with E-state index in [4.69, 9.17) is 16.7 Å². The van der Waals surface area contributed by atoms with Gasteiger partial charge in [-0.3, -0.25) is 0 Å². The largest absolute Gasteiger partial charge is 0.397 e. The molecule has 0 radical (unpaired) electrons. The summed E-state index contributed by atoms with van der Waals surface area (Å²) in [6, 6.07) is 7.41. The van der Waals surface area contributed by atoms with Gasteiger partial charge in [-0.25, -0.2) is 0 Å². The van der Waals surface area contributed by atoms with Crippen molar-refractivity contribution < 1.29 is 0 Å². The van der Waals surface area contributed by atoms with E-state index in [1.54, 1.807) is 18.2 Å². The summed E-state index contributed by atoms with van der Waals surface area (Å²) >= 11 is 0. The maximum atomic E-state index is 8.30. The zero-order valence-corrected chi connectivity index (χ0v) is 7.20. The van der Waals surface area contributed by atoms with Crippen molar-refractivity contribution in [1.82, 2.24) is 0 Å². The minimum Gasteiger partial charge on any atom is -0.397 e. The second kappa shape index (κ2) is 4.17. The molecule has 13 heavy (non-hydrogen) atoms. The summed E-state index contributed by atoms with van der Waals surface area (Å²) in [4.78, 5) is 0. The summed E-state index contributed by atoms with van der Waals surface area (Å²) in [5.41, 5.74) is 13.3. The second-order valence-electron chi connectivity index (χ2n) is 2.65. The summed E-state index contributed by atoms with van der Waals surface area (Å²) in [5, 5.41) is 8.30. The smallest absolute Gasteiger partial charge is 0.0663 e. The van der Waals surface area contributed by atoms with Crippen LogP contribution in [0.4, 0.5) is 11.4 Å². The molecule has 0 saturated heterocycles. The standard InChI is InChI=1S/C10H11N3/c11-6-2-1-3-8-4-5-9(12)10(13)7-8/h1,3-5,7H,2,12-13H2. The third kappa shape index (κ3) is 2.53. The Morgan fingerprint density at radius 2 is 2.08 bits per heavy atom. The van der Waals surface area contributed by atoms with Crippen molar-refractivity contribution in [1.29, 1.82) is 5.26 Å². The minimum atomic E-state index is 0.407. The van der Waals surface area contributed by atoms with Crippen molar-refractivity contribution in [3.8, 4) is 6.07 Å². The molecule has 0 saturated carbocycles. The summed E-state index contributed by atoms with van der Waals surface area (Å²) in [6.45, 7) is 0. The Morgan fingerprint density at radius 3 is 2.69 bits per heavy atom. The Bertz CT molecular complexity index is 361. The Kier molecular flexibility index (Phi) is 2.93. The minimum absolute atomic E-state index is 0.407. The van der Waals surface area contributed by atoms with Gasteiger partial charge in [0.2, 0.25) is 0 Å². The third-order valence-electron chi connectivity index (χ3n) is 1.63. The van der Waals surface area contributed by atoms with Gasteiger partial charge in [-0.05, 0) is 17.7 Å². The second-order valence-corrected chi connectivity index (χ2v) is 2.65. The van der Waals surface area contributed by atoms with E-state index in [-0.39, 0.29) is 0 Å². The van der Waals surface area contributed by atoms with E-state index in [9.17, 15) is 0 Å². The molecule has 0 amide bonds. The molecule has 3 nitrogen and oxygen atoms in total. The maximum Gasteiger partial charge on any atom is 0.0663 e. The van der Waals surface area contributed by atoms with Crippen molar-refractivity contribution >= 4 is 17.5 Å². The van der Waals surface area contributed by atoms with Gasteiger partial charge in [-0.2, -0.15) is 5.26 Å². The molecule has 66 valence electrons. The van der Waals surface area contributed by atoms with Crippen LogP contribution in [0, 0.1) is 11.3 Å².